The second-order valence-corrected chi connectivity index (χ2v) is 2.10. The van der Waals surface area contributed by atoms with Crippen molar-refractivity contribution in [1.82, 2.24) is 0 Å². The monoisotopic (exact) mass is 134 g/mol. The SMILES string of the molecule is [H+].[O]c1cccc2ccoc12. The van der Waals surface area contributed by atoms with E-state index in [1.165, 1.54) is 12.3 Å². The smallest absolute Gasteiger partial charge is 0.460 e. The maximum Gasteiger partial charge on any atom is 1.00 e. The van der Waals surface area contributed by atoms with E-state index in [1.54, 1.807) is 12.1 Å². The van der Waals surface area contributed by atoms with Crippen LogP contribution in [0.2, 0.25) is 0 Å². The van der Waals surface area contributed by atoms with Crippen LogP contribution in [0.25, 0.3) is 11.0 Å². The summed E-state index contributed by atoms with van der Waals surface area (Å²) in [6.45, 7) is 0. The largest absolute Gasteiger partial charge is 1.00 e. The maximum atomic E-state index is 10.9. The predicted molar refractivity (Wildman–Crippen MR) is 37.5 cm³/mol. The Morgan fingerprint density at radius 2 is 2.20 bits per heavy atom. The fourth-order valence-electron chi connectivity index (χ4n) is 0.966. The molecule has 2 aromatic rings. The molecule has 2 heteroatoms. The molecule has 0 unspecified atom stereocenters. The quantitative estimate of drug-likeness (QED) is 0.545. The van der Waals surface area contributed by atoms with Crippen LogP contribution in [0.3, 0.4) is 0 Å². The van der Waals surface area contributed by atoms with Gasteiger partial charge in [-0.15, -0.1) is 0 Å². The van der Waals surface area contributed by atoms with Gasteiger partial charge in [-0.25, -0.2) is 0 Å². The number of para-hydroxylation sites is 1. The number of rotatable bonds is 0. The molecule has 0 atom stereocenters. The second kappa shape index (κ2) is 1.77. The van der Waals surface area contributed by atoms with Crippen molar-refractivity contribution in [3.05, 3.63) is 30.5 Å². The van der Waals surface area contributed by atoms with Crippen molar-refractivity contribution in [3.8, 4) is 5.75 Å². The van der Waals surface area contributed by atoms with Crippen LogP contribution in [0, 0.1) is 0 Å². The van der Waals surface area contributed by atoms with E-state index in [-0.39, 0.29) is 7.18 Å². The van der Waals surface area contributed by atoms with Crippen molar-refractivity contribution in [2.75, 3.05) is 0 Å². The highest BCUT2D eigenvalue weighted by Gasteiger charge is 2.01. The Kier molecular flexibility index (Phi) is 0.947. The minimum atomic E-state index is -0.0532. The first-order chi connectivity index (χ1) is 4.88. The molecule has 10 heavy (non-hydrogen) atoms. The standard InChI is InChI=1S/C8H5O2/c9-7-3-1-2-6-4-5-10-8(6)7/h1-5H/p+1. The van der Waals surface area contributed by atoms with Gasteiger partial charge < -0.3 is 4.42 Å². The van der Waals surface area contributed by atoms with Gasteiger partial charge in [0.05, 0.1) is 6.26 Å². The van der Waals surface area contributed by atoms with Crippen molar-refractivity contribution in [2.24, 2.45) is 0 Å². The zero-order chi connectivity index (χ0) is 6.97. The molecule has 2 nitrogen and oxygen atoms in total. The number of hydrogen-bond acceptors (Lipinski definition) is 1. The molecule has 0 amide bonds. The molecule has 0 saturated carbocycles. The third-order valence-electron chi connectivity index (χ3n) is 1.44. The summed E-state index contributed by atoms with van der Waals surface area (Å²) in [6.07, 6.45) is 1.52. The van der Waals surface area contributed by atoms with Crippen LogP contribution >= 0.6 is 0 Å². The van der Waals surface area contributed by atoms with Crippen LogP contribution in [0.5, 0.6) is 5.75 Å². The van der Waals surface area contributed by atoms with Gasteiger partial charge in [-0.2, -0.15) is 0 Å². The Balaban J connectivity index is 0.000000605. The van der Waals surface area contributed by atoms with Crippen molar-refractivity contribution >= 4 is 11.0 Å². The van der Waals surface area contributed by atoms with Gasteiger partial charge in [-0.05, 0) is 12.1 Å². The van der Waals surface area contributed by atoms with Crippen LogP contribution < -0.4 is 0 Å². The van der Waals surface area contributed by atoms with Crippen LogP contribution in [-0.4, -0.2) is 0 Å². The summed E-state index contributed by atoms with van der Waals surface area (Å²) >= 11 is 0. The number of fused-ring (bicyclic) bond motifs is 1. The summed E-state index contributed by atoms with van der Waals surface area (Å²) in [6, 6.07) is 6.84. The zero-order valence-electron chi connectivity index (χ0n) is 6.20. The van der Waals surface area contributed by atoms with E-state index >= 15 is 0 Å². The minimum Gasteiger partial charge on any atom is -0.460 e. The molecule has 0 fully saturated rings. The first-order valence-corrected chi connectivity index (χ1v) is 3.01. The van der Waals surface area contributed by atoms with Gasteiger partial charge in [0, 0.05) is 5.39 Å². The summed E-state index contributed by atoms with van der Waals surface area (Å²) in [5.74, 6) is -0.0532. The summed E-state index contributed by atoms with van der Waals surface area (Å²) in [5, 5.41) is 11.8. The highest BCUT2D eigenvalue weighted by Crippen LogP contribution is 2.24. The highest BCUT2D eigenvalue weighted by molar-refractivity contribution is 5.82. The van der Waals surface area contributed by atoms with Gasteiger partial charge in [0.1, 0.15) is 0 Å². The molecule has 49 valence electrons. The first-order valence-electron chi connectivity index (χ1n) is 3.01. The molecule has 0 spiro atoms. The van der Waals surface area contributed by atoms with Crippen LogP contribution in [-0.2, 0) is 5.11 Å². The molecule has 1 aromatic heterocycles. The Hall–Kier alpha value is -1.44. The molecular weight excluding hydrogens is 128 g/mol. The van der Waals surface area contributed by atoms with E-state index in [2.05, 4.69) is 0 Å². The van der Waals surface area contributed by atoms with E-state index in [0.29, 0.717) is 5.58 Å². The van der Waals surface area contributed by atoms with Crippen molar-refractivity contribution < 1.29 is 11.0 Å². The van der Waals surface area contributed by atoms with Crippen LogP contribution in [0.4, 0.5) is 0 Å². The summed E-state index contributed by atoms with van der Waals surface area (Å²) in [4.78, 5) is 0. The van der Waals surface area contributed by atoms with E-state index < -0.39 is 0 Å². The third kappa shape index (κ3) is 0.589. The maximum absolute atomic E-state index is 10.9. The van der Waals surface area contributed by atoms with Gasteiger partial charge in [0.2, 0.25) is 5.75 Å². The van der Waals surface area contributed by atoms with Gasteiger partial charge in [0.15, 0.2) is 5.58 Å². The number of hydrogen-bond donors (Lipinski definition) is 0. The Morgan fingerprint density at radius 3 is 3.00 bits per heavy atom. The number of furan rings is 1. The van der Waals surface area contributed by atoms with Gasteiger partial charge in [-0.3, -0.25) is 5.11 Å². The molecule has 0 aliphatic rings. The van der Waals surface area contributed by atoms with E-state index in [4.69, 9.17) is 4.42 Å². The molecular formula is C8H6O2+. The predicted octanol–water partition coefficient (Wildman–Crippen LogP) is 2.69. The summed E-state index contributed by atoms with van der Waals surface area (Å²) in [7, 11) is 0. The lowest BCUT2D eigenvalue weighted by Gasteiger charge is -1.86. The lowest BCUT2D eigenvalue weighted by atomic mass is 10.2. The zero-order valence-corrected chi connectivity index (χ0v) is 5.20. The average Bonchev–Trinajstić information content (AvgIpc) is 2.36. The Bertz CT molecular complexity index is 354. The number of benzene rings is 1. The van der Waals surface area contributed by atoms with E-state index in [0.717, 1.165) is 5.39 Å². The molecule has 0 saturated heterocycles. The molecule has 0 aliphatic carbocycles. The Labute approximate surface area is 59.2 Å². The van der Waals surface area contributed by atoms with Crippen molar-refractivity contribution in [1.29, 1.82) is 0 Å². The van der Waals surface area contributed by atoms with Crippen LogP contribution in [0.1, 0.15) is 1.43 Å². The molecule has 1 aromatic carbocycles. The molecule has 0 N–H and O–H groups in total. The minimum absolute atomic E-state index is 0. The van der Waals surface area contributed by atoms with Gasteiger partial charge in [0.25, 0.3) is 0 Å². The highest BCUT2D eigenvalue weighted by atomic mass is 16.3. The molecule has 2 rings (SSSR count). The second-order valence-electron chi connectivity index (χ2n) is 2.10. The van der Waals surface area contributed by atoms with Crippen molar-refractivity contribution in [3.63, 3.8) is 0 Å². The summed E-state index contributed by atoms with van der Waals surface area (Å²) < 4.78 is 4.94. The lowest BCUT2D eigenvalue weighted by molar-refractivity contribution is 0.352. The molecule has 0 aliphatic heterocycles. The van der Waals surface area contributed by atoms with E-state index in [9.17, 15) is 5.11 Å². The first kappa shape index (κ1) is 5.35. The Morgan fingerprint density at radius 1 is 1.30 bits per heavy atom. The fourth-order valence-corrected chi connectivity index (χ4v) is 0.966. The summed E-state index contributed by atoms with van der Waals surface area (Å²) in [5.41, 5.74) is 0.447. The lowest BCUT2D eigenvalue weighted by Crippen LogP contribution is -1.62. The average molecular weight is 134 g/mol. The third-order valence-corrected chi connectivity index (χ3v) is 1.44. The van der Waals surface area contributed by atoms with Crippen LogP contribution in [0.15, 0.2) is 34.9 Å². The topological polar surface area (TPSA) is 33.0 Å². The van der Waals surface area contributed by atoms with E-state index in [1.807, 2.05) is 6.07 Å². The van der Waals surface area contributed by atoms with Crippen molar-refractivity contribution in [2.45, 2.75) is 0 Å². The van der Waals surface area contributed by atoms with Gasteiger partial charge >= 0.3 is 1.43 Å². The normalized spacial score (nSPS) is 10.4. The molecule has 1 radical (unpaired) electrons. The van der Waals surface area contributed by atoms with Gasteiger partial charge in [-0.1, -0.05) is 12.1 Å². The molecule has 1 heterocycles. The molecule has 0 bridgehead atoms. The fraction of sp³-hybridized carbons (Fsp3) is 0.